The highest BCUT2D eigenvalue weighted by Gasteiger charge is 2.29. The van der Waals surface area contributed by atoms with E-state index in [-0.39, 0.29) is 30.0 Å². The average molecular weight is 392 g/mol. The van der Waals surface area contributed by atoms with Crippen LogP contribution in [0.5, 0.6) is 0 Å². The first-order valence-electron chi connectivity index (χ1n) is 9.97. The molecule has 0 radical (unpaired) electrons. The molecule has 1 aromatic rings. The molecule has 1 saturated carbocycles. The summed E-state index contributed by atoms with van der Waals surface area (Å²) in [5, 5.41) is 16.4. The van der Waals surface area contributed by atoms with Gasteiger partial charge in [-0.1, -0.05) is 0 Å². The molecule has 1 saturated heterocycles. The third-order valence-electron chi connectivity index (χ3n) is 5.64. The van der Waals surface area contributed by atoms with E-state index in [4.69, 9.17) is 9.84 Å². The number of aromatic nitrogens is 2. The quantitative estimate of drug-likeness (QED) is 0.742. The third kappa shape index (κ3) is 4.82. The van der Waals surface area contributed by atoms with Gasteiger partial charge in [0.05, 0.1) is 30.3 Å². The van der Waals surface area contributed by atoms with Gasteiger partial charge in [-0.2, -0.15) is 5.10 Å². The lowest BCUT2D eigenvalue weighted by Gasteiger charge is -2.34. The zero-order valence-electron chi connectivity index (χ0n) is 16.2. The minimum absolute atomic E-state index is 0.0547. The summed E-state index contributed by atoms with van der Waals surface area (Å²) >= 11 is 0. The van der Waals surface area contributed by atoms with Gasteiger partial charge in [-0.25, -0.2) is 9.59 Å². The maximum atomic E-state index is 12.5. The minimum atomic E-state index is -0.739. The molecule has 2 aliphatic rings. The molecule has 0 spiro atoms. The molecule has 2 amide bonds. The number of hydrogen-bond donors (Lipinski definition) is 2. The van der Waals surface area contributed by atoms with E-state index in [9.17, 15) is 14.4 Å². The standard InChI is InChI=1S/C19H28N4O5/c1-2-28-18(26)14-11-20-23(12-14)16-7-9-22(10-8-16)19(27)21-15-5-3-13(4-6-15)17(24)25/h11-13,15-16H,2-10H2,1H3,(H,21,27)(H,24,25). The Morgan fingerprint density at radius 2 is 1.86 bits per heavy atom. The molecule has 3 rings (SSSR count). The molecule has 0 atom stereocenters. The molecule has 9 nitrogen and oxygen atoms in total. The van der Waals surface area contributed by atoms with E-state index in [1.165, 1.54) is 6.20 Å². The summed E-state index contributed by atoms with van der Waals surface area (Å²) in [6.07, 6.45) is 7.41. The van der Waals surface area contributed by atoms with Gasteiger partial charge in [0, 0.05) is 25.3 Å². The van der Waals surface area contributed by atoms with Gasteiger partial charge in [-0.15, -0.1) is 0 Å². The first-order chi connectivity index (χ1) is 13.5. The topological polar surface area (TPSA) is 114 Å². The van der Waals surface area contributed by atoms with E-state index in [1.807, 2.05) is 0 Å². The number of nitrogens with one attached hydrogen (secondary N) is 1. The Bertz CT molecular complexity index is 703. The van der Waals surface area contributed by atoms with Crippen molar-refractivity contribution in [3.8, 4) is 0 Å². The number of carboxylic acids is 1. The van der Waals surface area contributed by atoms with Crippen molar-refractivity contribution in [3.63, 3.8) is 0 Å². The molecule has 1 aliphatic heterocycles. The molecule has 2 N–H and O–H groups in total. The lowest BCUT2D eigenvalue weighted by atomic mass is 9.86. The Balaban J connectivity index is 1.44. The van der Waals surface area contributed by atoms with E-state index in [2.05, 4.69) is 10.4 Å². The van der Waals surface area contributed by atoms with Crippen LogP contribution in [0.15, 0.2) is 12.4 Å². The normalized spacial score (nSPS) is 23.2. The van der Waals surface area contributed by atoms with Crippen LogP contribution >= 0.6 is 0 Å². The van der Waals surface area contributed by atoms with Crippen LogP contribution in [0.25, 0.3) is 0 Å². The molecule has 0 aromatic carbocycles. The molecular formula is C19H28N4O5. The number of carbonyl (C=O) groups excluding carboxylic acids is 2. The Hall–Kier alpha value is -2.58. The van der Waals surface area contributed by atoms with Crippen molar-refractivity contribution in [1.29, 1.82) is 0 Å². The highest BCUT2D eigenvalue weighted by atomic mass is 16.5. The number of piperidine rings is 1. The van der Waals surface area contributed by atoms with Gasteiger partial charge in [0.2, 0.25) is 0 Å². The largest absolute Gasteiger partial charge is 0.481 e. The van der Waals surface area contributed by atoms with Crippen molar-refractivity contribution in [2.45, 2.75) is 57.5 Å². The molecule has 2 fully saturated rings. The van der Waals surface area contributed by atoms with Crippen molar-refractivity contribution in [2.75, 3.05) is 19.7 Å². The summed E-state index contributed by atoms with van der Waals surface area (Å²) in [4.78, 5) is 37.1. The maximum Gasteiger partial charge on any atom is 0.341 e. The maximum absolute atomic E-state index is 12.5. The Kier molecular flexibility index (Phi) is 6.53. The molecule has 1 aliphatic carbocycles. The number of urea groups is 1. The minimum Gasteiger partial charge on any atom is -0.481 e. The lowest BCUT2D eigenvalue weighted by Crippen LogP contribution is -2.49. The third-order valence-corrected chi connectivity index (χ3v) is 5.64. The fourth-order valence-electron chi connectivity index (χ4n) is 3.94. The highest BCUT2D eigenvalue weighted by Crippen LogP contribution is 2.26. The second kappa shape index (κ2) is 9.07. The summed E-state index contributed by atoms with van der Waals surface area (Å²) < 4.78 is 6.77. The fourth-order valence-corrected chi connectivity index (χ4v) is 3.94. The molecule has 1 aromatic heterocycles. The van der Waals surface area contributed by atoms with Gasteiger partial charge in [-0.3, -0.25) is 9.48 Å². The van der Waals surface area contributed by atoms with Crippen LogP contribution in [0, 0.1) is 5.92 Å². The second-order valence-electron chi connectivity index (χ2n) is 7.48. The van der Waals surface area contributed by atoms with Crippen LogP contribution in [-0.2, 0) is 9.53 Å². The Labute approximate surface area is 164 Å². The number of likely N-dealkylation sites (tertiary alicyclic amines) is 1. The zero-order chi connectivity index (χ0) is 20.1. The molecule has 0 bridgehead atoms. The van der Waals surface area contributed by atoms with E-state index >= 15 is 0 Å². The van der Waals surface area contributed by atoms with Gasteiger partial charge >= 0.3 is 18.0 Å². The van der Waals surface area contributed by atoms with Crippen molar-refractivity contribution >= 4 is 18.0 Å². The van der Waals surface area contributed by atoms with E-state index in [0.717, 1.165) is 12.8 Å². The van der Waals surface area contributed by atoms with Crippen LogP contribution in [0.2, 0.25) is 0 Å². The summed E-state index contributed by atoms with van der Waals surface area (Å²) in [5.74, 6) is -1.39. The number of hydrogen-bond acceptors (Lipinski definition) is 5. The predicted octanol–water partition coefficient (Wildman–Crippen LogP) is 2.05. The Morgan fingerprint density at radius 1 is 1.18 bits per heavy atom. The van der Waals surface area contributed by atoms with Crippen LogP contribution in [0.4, 0.5) is 4.79 Å². The van der Waals surface area contributed by atoms with Crippen LogP contribution in [0.3, 0.4) is 0 Å². The van der Waals surface area contributed by atoms with Crippen LogP contribution < -0.4 is 5.32 Å². The van der Waals surface area contributed by atoms with Crippen LogP contribution in [0.1, 0.15) is 61.8 Å². The number of carboxylic acid groups (broad SMARTS) is 1. The zero-order valence-corrected chi connectivity index (χ0v) is 16.2. The first kappa shape index (κ1) is 20.2. The number of rotatable bonds is 5. The second-order valence-corrected chi connectivity index (χ2v) is 7.48. The number of ether oxygens (including phenoxy) is 1. The summed E-state index contributed by atoms with van der Waals surface area (Å²) in [7, 11) is 0. The van der Waals surface area contributed by atoms with Crippen molar-refractivity contribution in [3.05, 3.63) is 18.0 Å². The molecule has 154 valence electrons. The summed E-state index contributed by atoms with van der Waals surface area (Å²) in [6, 6.07) is 0.127. The number of aliphatic carboxylic acids is 1. The lowest BCUT2D eigenvalue weighted by molar-refractivity contribution is -0.142. The molecule has 0 unspecified atom stereocenters. The summed E-state index contributed by atoms with van der Waals surface area (Å²) in [5.41, 5.74) is 0.444. The number of carbonyl (C=O) groups is 3. The van der Waals surface area contributed by atoms with Gasteiger partial charge < -0.3 is 20.1 Å². The average Bonchev–Trinajstić information content (AvgIpc) is 3.19. The highest BCUT2D eigenvalue weighted by molar-refractivity contribution is 5.88. The van der Waals surface area contributed by atoms with E-state index in [0.29, 0.717) is 50.9 Å². The van der Waals surface area contributed by atoms with E-state index < -0.39 is 5.97 Å². The van der Waals surface area contributed by atoms with Crippen LogP contribution in [-0.4, -0.2) is 63.5 Å². The van der Waals surface area contributed by atoms with Gasteiger partial charge in [0.1, 0.15) is 0 Å². The van der Waals surface area contributed by atoms with Crippen molar-refractivity contribution in [2.24, 2.45) is 5.92 Å². The fraction of sp³-hybridized carbons (Fsp3) is 0.684. The molecule has 9 heteroatoms. The van der Waals surface area contributed by atoms with Gasteiger partial charge in [-0.05, 0) is 45.4 Å². The number of esters is 1. The predicted molar refractivity (Wildman–Crippen MR) is 99.9 cm³/mol. The number of amides is 2. The molecule has 2 heterocycles. The van der Waals surface area contributed by atoms with Crippen molar-refractivity contribution < 1.29 is 24.2 Å². The Morgan fingerprint density at radius 3 is 2.46 bits per heavy atom. The molecule has 28 heavy (non-hydrogen) atoms. The smallest absolute Gasteiger partial charge is 0.341 e. The molecular weight excluding hydrogens is 364 g/mol. The van der Waals surface area contributed by atoms with Crippen molar-refractivity contribution in [1.82, 2.24) is 20.0 Å². The van der Waals surface area contributed by atoms with E-state index in [1.54, 1.807) is 22.7 Å². The first-order valence-corrected chi connectivity index (χ1v) is 9.97. The summed E-state index contributed by atoms with van der Waals surface area (Å²) in [6.45, 7) is 3.33. The number of nitrogens with zero attached hydrogens (tertiary/aromatic N) is 3. The monoisotopic (exact) mass is 392 g/mol. The SMILES string of the molecule is CCOC(=O)c1cnn(C2CCN(C(=O)NC3CCC(C(=O)O)CC3)CC2)c1. The van der Waals surface area contributed by atoms with Gasteiger partial charge in [0.15, 0.2) is 0 Å². The van der Waals surface area contributed by atoms with Gasteiger partial charge in [0.25, 0.3) is 0 Å².